The highest BCUT2D eigenvalue weighted by atomic mass is 35.5. The first kappa shape index (κ1) is 34.7. The molecule has 0 aliphatic carbocycles. The van der Waals surface area contributed by atoms with Crippen molar-refractivity contribution in [2.24, 2.45) is 11.8 Å². The van der Waals surface area contributed by atoms with Crippen molar-refractivity contribution in [2.45, 2.75) is 46.2 Å². The minimum atomic E-state index is -1.12. The highest BCUT2D eigenvalue weighted by Gasteiger charge is 2.31. The van der Waals surface area contributed by atoms with Crippen molar-refractivity contribution in [1.82, 2.24) is 4.90 Å². The summed E-state index contributed by atoms with van der Waals surface area (Å²) in [5, 5.41) is 18.3. The van der Waals surface area contributed by atoms with Gasteiger partial charge in [0.05, 0.1) is 48.8 Å². The normalized spacial score (nSPS) is 13.7. The number of fused-ring (bicyclic) bond motifs is 2. The van der Waals surface area contributed by atoms with Crippen molar-refractivity contribution in [3.63, 3.8) is 0 Å². The molecule has 15 heteroatoms. The zero-order chi connectivity index (χ0) is 33.9. The van der Waals surface area contributed by atoms with Crippen LogP contribution >= 0.6 is 22.9 Å². The van der Waals surface area contributed by atoms with Crippen LogP contribution in [0.3, 0.4) is 0 Å². The molecule has 248 valence electrons. The van der Waals surface area contributed by atoms with Gasteiger partial charge in [-0.05, 0) is 17.7 Å². The number of methoxy groups -OCH3 is 2. The number of carbonyl (C=O) groups is 4. The standard InChI is InChI=1S/C31H32ClF2NO10S/c1-14(30(38)39)8-19(36)21-11-17-24(33)28(27(43-4)23(32)29(17)46-21)45-7-5-6-44-20-10-16-12-35(22(37)9-15(2)31(40)41)13-18(16)25(34)26(20)42-3/h10-11,14-15H,5-9,12-13H2,1-4H3,(H,38,39)(H,40,41)/t14-,15-/m0/s1. The van der Waals surface area contributed by atoms with Crippen molar-refractivity contribution in [2.75, 3.05) is 27.4 Å². The lowest BCUT2D eigenvalue weighted by molar-refractivity contribution is -0.145. The molecule has 1 amide bonds. The Kier molecular flexibility index (Phi) is 10.9. The molecule has 2 aromatic carbocycles. The van der Waals surface area contributed by atoms with Crippen molar-refractivity contribution in [3.05, 3.63) is 44.8 Å². The van der Waals surface area contributed by atoms with E-state index in [0.29, 0.717) is 5.56 Å². The maximum absolute atomic E-state index is 15.6. The van der Waals surface area contributed by atoms with E-state index >= 15 is 8.78 Å². The van der Waals surface area contributed by atoms with E-state index < -0.39 is 47.1 Å². The Morgan fingerprint density at radius 1 is 0.913 bits per heavy atom. The van der Waals surface area contributed by atoms with Gasteiger partial charge in [-0.15, -0.1) is 11.3 Å². The van der Waals surface area contributed by atoms with Gasteiger partial charge in [-0.25, -0.2) is 8.78 Å². The van der Waals surface area contributed by atoms with Crippen molar-refractivity contribution in [1.29, 1.82) is 0 Å². The van der Waals surface area contributed by atoms with E-state index in [9.17, 15) is 19.2 Å². The fourth-order valence-electron chi connectivity index (χ4n) is 4.89. The zero-order valence-electron chi connectivity index (χ0n) is 25.4. The lowest BCUT2D eigenvalue weighted by atomic mass is 10.0. The smallest absolute Gasteiger partial charge is 0.306 e. The van der Waals surface area contributed by atoms with Crippen LogP contribution in [-0.4, -0.2) is 66.2 Å². The number of hydrogen-bond donors (Lipinski definition) is 2. The van der Waals surface area contributed by atoms with Crippen LogP contribution in [0.25, 0.3) is 10.1 Å². The molecule has 1 aliphatic rings. The molecule has 1 aromatic heterocycles. The van der Waals surface area contributed by atoms with Gasteiger partial charge >= 0.3 is 11.9 Å². The number of thiophene rings is 1. The van der Waals surface area contributed by atoms with Gasteiger partial charge < -0.3 is 34.1 Å². The monoisotopic (exact) mass is 683 g/mol. The van der Waals surface area contributed by atoms with Crippen LogP contribution in [0.4, 0.5) is 8.78 Å². The second kappa shape index (κ2) is 14.5. The third kappa shape index (κ3) is 7.12. The number of amides is 1. The Labute approximate surface area is 271 Å². The molecule has 3 aromatic rings. The number of aliphatic carboxylic acids is 2. The summed E-state index contributed by atoms with van der Waals surface area (Å²) in [5.41, 5.74) is 0.759. The molecular formula is C31H32ClF2NO10S. The second-order valence-corrected chi connectivity index (χ2v) is 12.2. The SMILES string of the molecule is COc1c(OCCCOc2c(OC)c(Cl)c3sc(C(=O)C[C@H](C)C(=O)O)cc3c2F)cc2c(c1F)CN(C(=O)C[C@H](C)C(=O)O)C2. The molecule has 2 heterocycles. The molecule has 0 saturated carbocycles. The fraction of sp³-hybridized carbons (Fsp3) is 0.419. The van der Waals surface area contributed by atoms with Crippen LogP contribution in [0, 0.1) is 23.5 Å². The molecule has 1 aliphatic heterocycles. The molecule has 0 bridgehead atoms. The molecule has 4 rings (SSSR count). The van der Waals surface area contributed by atoms with Crippen LogP contribution in [0.1, 0.15) is 53.9 Å². The lowest BCUT2D eigenvalue weighted by Gasteiger charge is -2.16. The van der Waals surface area contributed by atoms with Crippen LogP contribution in [0.5, 0.6) is 23.0 Å². The maximum atomic E-state index is 15.6. The van der Waals surface area contributed by atoms with Crippen LogP contribution in [0.2, 0.25) is 5.02 Å². The van der Waals surface area contributed by atoms with Gasteiger partial charge in [0.1, 0.15) is 5.02 Å². The van der Waals surface area contributed by atoms with Crippen molar-refractivity contribution >= 4 is 56.7 Å². The molecule has 11 nitrogen and oxygen atoms in total. The minimum Gasteiger partial charge on any atom is -0.491 e. The molecule has 0 saturated heterocycles. The lowest BCUT2D eigenvalue weighted by Crippen LogP contribution is -2.28. The van der Waals surface area contributed by atoms with E-state index in [1.807, 2.05) is 0 Å². The van der Waals surface area contributed by atoms with Crippen LogP contribution < -0.4 is 18.9 Å². The van der Waals surface area contributed by atoms with E-state index in [-0.39, 0.29) is 94.1 Å². The Morgan fingerprint density at radius 2 is 1.54 bits per heavy atom. The molecule has 0 unspecified atom stereocenters. The quantitative estimate of drug-likeness (QED) is 0.146. The Hall–Kier alpha value is -4.17. The summed E-state index contributed by atoms with van der Waals surface area (Å²) in [6.07, 6.45) is -0.270. The molecule has 2 N–H and O–H groups in total. The summed E-state index contributed by atoms with van der Waals surface area (Å²) < 4.78 is 53.1. The van der Waals surface area contributed by atoms with Gasteiger partial charge in [-0.1, -0.05) is 25.4 Å². The first-order valence-corrected chi connectivity index (χ1v) is 15.4. The first-order valence-electron chi connectivity index (χ1n) is 14.2. The molecule has 2 atom stereocenters. The number of carboxylic acids is 2. The molecule has 0 radical (unpaired) electrons. The van der Waals surface area contributed by atoms with Gasteiger partial charge in [-0.2, -0.15) is 0 Å². The number of nitrogens with zero attached hydrogens (tertiary/aromatic N) is 1. The van der Waals surface area contributed by atoms with Crippen LogP contribution in [-0.2, 0) is 27.5 Å². The minimum absolute atomic E-state index is 0.00608. The van der Waals surface area contributed by atoms with Crippen LogP contribution in [0.15, 0.2) is 12.1 Å². The molecule has 0 spiro atoms. The number of Topliss-reactive ketones (excluding diaryl/α,β-unsaturated/α-hetero) is 1. The Morgan fingerprint density at radius 3 is 2.17 bits per heavy atom. The largest absolute Gasteiger partial charge is 0.491 e. The summed E-state index contributed by atoms with van der Waals surface area (Å²) in [5.74, 6) is -6.81. The molecule has 46 heavy (non-hydrogen) atoms. The number of ketones is 1. The van der Waals surface area contributed by atoms with Gasteiger partial charge in [0.25, 0.3) is 0 Å². The summed E-state index contributed by atoms with van der Waals surface area (Å²) >= 11 is 7.41. The van der Waals surface area contributed by atoms with Crippen molar-refractivity contribution in [3.8, 4) is 23.0 Å². The second-order valence-electron chi connectivity index (χ2n) is 10.8. The average molecular weight is 684 g/mol. The predicted molar refractivity (Wildman–Crippen MR) is 163 cm³/mol. The highest BCUT2D eigenvalue weighted by molar-refractivity contribution is 7.21. The number of carboxylic acid groups (broad SMARTS) is 2. The van der Waals surface area contributed by atoms with Gasteiger partial charge in [-0.3, -0.25) is 19.2 Å². The number of rotatable bonds is 15. The van der Waals surface area contributed by atoms with E-state index in [2.05, 4.69) is 0 Å². The van der Waals surface area contributed by atoms with Gasteiger partial charge in [0.2, 0.25) is 5.91 Å². The number of halogens is 3. The van der Waals surface area contributed by atoms with Crippen molar-refractivity contribution < 1.29 is 57.1 Å². The topological polar surface area (TPSA) is 149 Å². The average Bonchev–Trinajstić information content (AvgIpc) is 3.65. The first-order chi connectivity index (χ1) is 21.8. The summed E-state index contributed by atoms with van der Waals surface area (Å²) in [6, 6.07) is 2.87. The number of hydrogen-bond acceptors (Lipinski definition) is 9. The van der Waals surface area contributed by atoms with E-state index in [1.54, 1.807) is 6.07 Å². The zero-order valence-corrected chi connectivity index (χ0v) is 27.0. The van der Waals surface area contributed by atoms with Gasteiger partial charge in [0, 0.05) is 43.3 Å². The molecule has 0 fully saturated rings. The van der Waals surface area contributed by atoms with E-state index in [4.69, 9.17) is 40.8 Å². The van der Waals surface area contributed by atoms with E-state index in [0.717, 1.165) is 11.3 Å². The Bertz CT molecular complexity index is 1690. The predicted octanol–water partition coefficient (Wildman–Crippen LogP) is 5.94. The summed E-state index contributed by atoms with van der Waals surface area (Å²) in [4.78, 5) is 49.0. The Balaban J connectivity index is 1.43. The number of benzene rings is 2. The van der Waals surface area contributed by atoms with Gasteiger partial charge in [0.15, 0.2) is 40.4 Å². The summed E-state index contributed by atoms with van der Waals surface area (Å²) in [6.45, 7) is 2.82. The third-order valence-corrected chi connectivity index (χ3v) is 9.17. The summed E-state index contributed by atoms with van der Waals surface area (Å²) in [7, 11) is 2.56. The number of carbonyl (C=O) groups excluding carboxylic acids is 2. The maximum Gasteiger partial charge on any atom is 0.306 e. The third-order valence-electron chi connectivity index (χ3n) is 7.51. The number of ether oxygens (including phenoxy) is 4. The molecular weight excluding hydrogens is 652 g/mol. The van der Waals surface area contributed by atoms with E-state index in [1.165, 1.54) is 39.0 Å². The fourth-order valence-corrected chi connectivity index (χ4v) is 6.30. The highest BCUT2D eigenvalue weighted by Crippen LogP contribution is 2.47.